The first-order valence-corrected chi connectivity index (χ1v) is 11.9. The van der Waals surface area contributed by atoms with Crippen molar-refractivity contribution < 1.29 is 27.5 Å². The molecule has 0 aliphatic heterocycles. The van der Waals surface area contributed by atoms with E-state index in [-0.39, 0.29) is 23.3 Å². The van der Waals surface area contributed by atoms with E-state index < -0.39 is 34.3 Å². The molecule has 2 rings (SSSR count). The number of nitrogens with one attached hydrogen (secondary N) is 3. The molecule has 0 unspecified atom stereocenters. The number of ether oxygens (including phenoxy) is 1. The second kappa shape index (κ2) is 12.1. The summed E-state index contributed by atoms with van der Waals surface area (Å²) in [5.74, 6) is -0.136. The maximum Gasteiger partial charge on any atom is 0.242 e. The summed E-state index contributed by atoms with van der Waals surface area (Å²) >= 11 is 0. The van der Waals surface area contributed by atoms with Crippen molar-refractivity contribution in [2.75, 3.05) is 13.1 Å². The molecule has 2 aromatic carbocycles. The van der Waals surface area contributed by atoms with Crippen LogP contribution in [0.15, 0.2) is 59.5 Å². The van der Waals surface area contributed by atoms with E-state index in [1.54, 1.807) is 12.1 Å². The molecule has 1 atom stereocenters. The van der Waals surface area contributed by atoms with Crippen LogP contribution in [0.3, 0.4) is 0 Å². The van der Waals surface area contributed by atoms with Crippen LogP contribution < -0.4 is 20.1 Å². The van der Waals surface area contributed by atoms with E-state index in [4.69, 9.17) is 4.74 Å². The molecule has 0 aliphatic carbocycles. The molecular weight excluding hydrogens is 446 g/mol. The summed E-state index contributed by atoms with van der Waals surface area (Å²) in [7, 11) is -3.93. The van der Waals surface area contributed by atoms with Crippen molar-refractivity contribution >= 4 is 27.6 Å². The molecule has 0 radical (unpaired) electrons. The average Bonchev–Trinajstić information content (AvgIpc) is 2.76. The quantitative estimate of drug-likeness (QED) is 0.430. The van der Waals surface area contributed by atoms with Gasteiger partial charge < -0.3 is 15.4 Å². The topological polar surface area (TPSA) is 131 Å². The molecule has 178 valence electrons. The smallest absolute Gasteiger partial charge is 0.242 e. The summed E-state index contributed by atoms with van der Waals surface area (Å²) in [5, 5.41) is 4.99. The molecule has 10 heteroatoms. The van der Waals surface area contributed by atoms with E-state index >= 15 is 0 Å². The van der Waals surface area contributed by atoms with Crippen LogP contribution in [0.1, 0.15) is 27.2 Å². The highest BCUT2D eigenvalue weighted by Crippen LogP contribution is 2.22. The number of rotatable bonds is 12. The van der Waals surface area contributed by atoms with Crippen LogP contribution in [0.5, 0.6) is 11.5 Å². The third kappa shape index (κ3) is 9.03. The van der Waals surface area contributed by atoms with Crippen molar-refractivity contribution in [3.8, 4) is 11.5 Å². The fourth-order valence-corrected chi connectivity index (χ4v) is 3.90. The summed E-state index contributed by atoms with van der Waals surface area (Å²) in [6, 6.07) is 14.1. The fraction of sp³-hybridized carbons (Fsp3) is 0.348. The Kier molecular flexibility index (Phi) is 9.56. The second-order valence-corrected chi connectivity index (χ2v) is 9.62. The van der Waals surface area contributed by atoms with E-state index in [1.165, 1.54) is 31.2 Å². The van der Waals surface area contributed by atoms with Crippen molar-refractivity contribution in [2.24, 2.45) is 5.92 Å². The zero-order valence-corrected chi connectivity index (χ0v) is 19.6. The van der Waals surface area contributed by atoms with Gasteiger partial charge in [-0.15, -0.1) is 0 Å². The highest BCUT2D eigenvalue weighted by molar-refractivity contribution is 7.89. The maximum atomic E-state index is 12.5. The zero-order valence-electron chi connectivity index (χ0n) is 18.8. The lowest BCUT2D eigenvalue weighted by atomic mass is 10.0. The number of para-hydroxylation sites is 1. The Morgan fingerprint density at radius 2 is 1.52 bits per heavy atom. The number of benzene rings is 2. The minimum atomic E-state index is -3.93. The van der Waals surface area contributed by atoms with Gasteiger partial charge in [-0.3, -0.25) is 14.4 Å². The fourth-order valence-electron chi connectivity index (χ4n) is 2.89. The van der Waals surface area contributed by atoms with Gasteiger partial charge in [0.05, 0.1) is 18.0 Å². The van der Waals surface area contributed by atoms with Gasteiger partial charge in [0.2, 0.25) is 21.8 Å². The lowest BCUT2D eigenvalue weighted by molar-refractivity contribution is -0.129. The van der Waals surface area contributed by atoms with Gasteiger partial charge in [-0.05, 0) is 48.7 Å². The highest BCUT2D eigenvalue weighted by atomic mass is 32.2. The molecular formula is C23H29N3O6S. The lowest BCUT2D eigenvalue weighted by Gasteiger charge is -2.19. The normalized spacial score (nSPS) is 12.1. The van der Waals surface area contributed by atoms with Gasteiger partial charge in [0, 0.05) is 6.92 Å². The minimum Gasteiger partial charge on any atom is -0.457 e. The Morgan fingerprint density at radius 1 is 0.909 bits per heavy atom. The largest absolute Gasteiger partial charge is 0.457 e. The molecule has 0 spiro atoms. The van der Waals surface area contributed by atoms with Crippen molar-refractivity contribution in [1.82, 2.24) is 15.4 Å². The minimum absolute atomic E-state index is 0.0256. The van der Waals surface area contributed by atoms with Crippen LogP contribution in [0.2, 0.25) is 0 Å². The summed E-state index contributed by atoms with van der Waals surface area (Å²) in [5.41, 5.74) is 0. The first-order valence-electron chi connectivity index (χ1n) is 10.5. The Bertz CT molecular complexity index is 1050. The van der Waals surface area contributed by atoms with Gasteiger partial charge in [0.1, 0.15) is 17.5 Å². The predicted octanol–water partition coefficient (Wildman–Crippen LogP) is 1.99. The number of sulfonamides is 1. The van der Waals surface area contributed by atoms with Crippen LogP contribution in [0, 0.1) is 5.92 Å². The third-order valence-corrected chi connectivity index (χ3v) is 5.85. The lowest BCUT2D eigenvalue weighted by Crippen LogP contribution is -2.48. The van der Waals surface area contributed by atoms with Crippen molar-refractivity contribution in [3.63, 3.8) is 0 Å². The predicted molar refractivity (Wildman–Crippen MR) is 123 cm³/mol. The molecule has 2 aromatic rings. The number of amides is 2. The van der Waals surface area contributed by atoms with Crippen molar-refractivity contribution in [3.05, 3.63) is 54.6 Å². The zero-order chi connectivity index (χ0) is 24.4. The van der Waals surface area contributed by atoms with Gasteiger partial charge in [-0.25, -0.2) is 13.1 Å². The molecule has 0 aromatic heterocycles. The SMILES string of the molecule is CC(=O)N[C@@H](CC(C)C)C(=O)NCC(=O)CNS(=O)(=O)c1ccc(Oc2ccccc2)cc1. The van der Waals surface area contributed by atoms with E-state index in [2.05, 4.69) is 15.4 Å². The Morgan fingerprint density at radius 3 is 2.09 bits per heavy atom. The summed E-state index contributed by atoms with van der Waals surface area (Å²) in [6.07, 6.45) is 0.413. The Labute approximate surface area is 194 Å². The molecule has 0 saturated carbocycles. The van der Waals surface area contributed by atoms with E-state index in [0.717, 1.165) is 0 Å². The van der Waals surface area contributed by atoms with E-state index in [1.807, 2.05) is 32.0 Å². The number of hydrogen-bond donors (Lipinski definition) is 3. The molecule has 33 heavy (non-hydrogen) atoms. The van der Waals surface area contributed by atoms with Crippen molar-refractivity contribution in [1.29, 1.82) is 0 Å². The van der Waals surface area contributed by atoms with Gasteiger partial charge >= 0.3 is 0 Å². The molecule has 2 amide bonds. The number of ketones is 1. The highest BCUT2D eigenvalue weighted by Gasteiger charge is 2.21. The maximum absolute atomic E-state index is 12.5. The molecule has 9 nitrogen and oxygen atoms in total. The van der Waals surface area contributed by atoms with Crippen LogP contribution in [0.25, 0.3) is 0 Å². The van der Waals surface area contributed by atoms with E-state index in [0.29, 0.717) is 17.9 Å². The molecule has 0 bridgehead atoms. The number of Topliss-reactive ketones (excluding diaryl/α,β-unsaturated/α-hetero) is 1. The van der Waals surface area contributed by atoms with Gasteiger partial charge in [0.25, 0.3) is 0 Å². The first-order chi connectivity index (χ1) is 15.6. The third-order valence-electron chi connectivity index (χ3n) is 4.43. The monoisotopic (exact) mass is 475 g/mol. The average molecular weight is 476 g/mol. The molecule has 0 aliphatic rings. The number of carbonyl (C=O) groups is 3. The van der Waals surface area contributed by atoms with Crippen LogP contribution >= 0.6 is 0 Å². The second-order valence-electron chi connectivity index (χ2n) is 7.85. The molecule has 0 heterocycles. The molecule has 0 fully saturated rings. The first kappa shape index (κ1) is 26.0. The summed E-state index contributed by atoms with van der Waals surface area (Å²) < 4.78 is 32.8. The molecule has 3 N–H and O–H groups in total. The van der Waals surface area contributed by atoms with Crippen LogP contribution in [-0.4, -0.2) is 45.1 Å². The van der Waals surface area contributed by atoms with Gasteiger partial charge in [-0.1, -0.05) is 32.0 Å². The van der Waals surface area contributed by atoms with Gasteiger partial charge in [-0.2, -0.15) is 0 Å². The standard InChI is InChI=1S/C23H29N3O6S/c1-16(2)13-22(26-17(3)27)23(29)24-14-18(28)15-25-33(30,31)21-11-9-20(10-12-21)32-19-7-5-4-6-8-19/h4-12,16,22,25H,13-15H2,1-3H3,(H,24,29)(H,26,27)/t22-/m0/s1. The Balaban J connectivity index is 1.86. The van der Waals surface area contributed by atoms with Crippen LogP contribution in [-0.2, 0) is 24.4 Å². The summed E-state index contributed by atoms with van der Waals surface area (Å²) in [4.78, 5) is 35.6. The Hall–Kier alpha value is -3.24. The molecule has 0 saturated heterocycles. The van der Waals surface area contributed by atoms with E-state index in [9.17, 15) is 22.8 Å². The number of hydrogen-bond acceptors (Lipinski definition) is 6. The number of carbonyl (C=O) groups excluding carboxylic acids is 3. The summed E-state index contributed by atoms with van der Waals surface area (Å²) in [6.45, 7) is 4.27. The van der Waals surface area contributed by atoms with Crippen molar-refractivity contribution in [2.45, 2.75) is 38.1 Å². The van der Waals surface area contributed by atoms with Gasteiger partial charge in [0.15, 0.2) is 5.78 Å². The van der Waals surface area contributed by atoms with Crippen LogP contribution in [0.4, 0.5) is 0 Å².